The van der Waals surface area contributed by atoms with E-state index < -0.39 is 0 Å². The van der Waals surface area contributed by atoms with E-state index in [2.05, 4.69) is 38.1 Å². The lowest BCUT2D eigenvalue weighted by Gasteiger charge is -1.88. The summed E-state index contributed by atoms with van der Waals surface area (Å²) in [5.41, 5.74) is 0. The molecule has 0 bridgehead atoms. The Hall–Kier alpha value is -0.280. The largest absolute Gasteiger partial charge is 0.445 e. The van der Waals surface area contributed by atoms with Gasteiger partial charge in [0.25, 0.3) is 0 Å². The predicted molar refractivity (Wildman–Crippen MR) is 50.5 cm³/mol. The molecular formula is C8H3Br2O. The maximum atomic E-state index is 5.04. The highest BCUT2D eigenvalue weighted by Crippen LogP contribution is 2.27. The van der Waals surface area contributed by atoms with Crippen LogP contribution in [0.5, 0.6) is 0 Å². The van der Waals surface area contributed by atoms with Crippen molar-refractivity contribution in [1.29, 1.82) is 0 Å². The summed E-state index contributed by atoms with van der Waals surface area (Å²) in [4.78, 5) is 0. The van der Waals surface area contributed by atoms with E-state index in [1.807, 2.05) is 18.2 Å². The molecule has 3 heteroatoms. The number of rotatable bonds is 0. The van der Waals surface area contributed by atoms with Crippen molar-refractivity contribution in [3.8, 4) is 0 Å². The van der Waals surface area contributed by atoms with Crippen LogP contribution in [0, 0.1) is 6.26 Å². The summed E-state index contributed by atoms with van der Waals surface area (Å²) in [5, 5.41) is 2.03. The van der Waals surface area contributed by atoms with Crippen molar-refractivity contribution in [2.75, 3.05) is 0 Å². The zero-order chi connectivity index (χ0) is 7.84. The van der Waals surface area contributed by atoms with E-state index in [1.54, 1.807) is 0 Å². The van der Waals surface area contributed by atoms with Gasteiger partial charge in [0.15, 0.2) is 10.9 Å². The van der Waals surface area contributed by atoms with Crippen LogP contribution in [0.15, 0.2) is 31.8 Å². The molecule has 55 valence electrons. The van der Waals surface area contributed by atoms with Crippen molar-refractivity contribution >= 4 is 42.6 Å². The minimum Gasteiger partial charge on any atom is -0.445 e. The van der Waals surface area contributed by atoms with E-state index in [0.29, 0.717) is 0 Å². The summed E-state index contributed by atoms with van der Waals surface area (Å²) < 4.78 is 6.81. The first-order valence-electron chi connectivity index (χ1n) is 3.02. The van der Waals surface area contributed by atoms with Gasteiger partial charge < -0.3 is 4.42 Å². The maximum Gasteiger partial charge on any atom is 0.179 e. The lowest BCUT2D eigenvalue weighted by atomic mass is 10.2. The van der Waals surface area contributed by atoms with Crippen molar-refractivity contribution in [2.24, 2.45) is 0 Å². The van der Waals surface area contributed by atoms with E-state index in [-0.39, 0.29) is 0 Å². The fraction of sp³-hybridized carbons (Fsp3) is 0. The second-order valence-electron chi connectivity index (χ2n) is 2.17. The molecule has 0 spiro atoms. The Balaban J connectivity index is 2.87. The van der Waals surface area contributed by atoms with Crippen molar-refractivity contribution in [2.45, 2.75) is 0 Å². The first kappa shape index (κ1) is 7.37. The van der Waals surface area contributed by atoms with Gasteiger partial charge >= 0.3 is 0 Å². The summed E-state index contributed by atoms with van der Waals surface area (Å²) in [6.45, 7) is 0. The minimum absolute atomic E-state index is 0.730. The standard InChI is InChI=1S/C8H3Br2O/c9-6-2-1-5-4-11-8(10)7(5)3-6/h1-3H. The summed E-state index contributed by atoms with van der Waals surface area (Å²) in [7, 11) is 0. The van der Waals surface area contributed by atoms with E-state index in [9.17, 15) is 0 Å². The molecule has 0 saturated carbocycles. The zero-order valence-electron chi connectivity index (χ0n) is 5.40. The second-order valence-corrected chi connectivity index (χ2v) is 3.80. The third-order valence-corrected chi connectivity index (χ3v) is 2.53. The van der Waals surface area contributed by atoms with Crippen LogP contribution in [0.3, 0.4) is 0 Å². The first-order chi connectivity index (χ1) is 5.27. The van der Waals surface area contributed by atoms with Gasteiger partial charge in [-0.1, -0.05) is 15.9 Å². The monoisotopic (exact) mass is 273 g/mol. The average molecular weight is 275 g/mol. The lowest BCUT2D eigenvalue weighted by Crippen LogP contribution is -1.65. The Kier molecular flexibility index (Phi) is 1.77. The topological polar surface area (TPSA) is 13.1 Å². The lowest BCUT2D eigenvalue weighted by molar-refractivity contribution is 0.538. The fourth-order valence-corrected chi connectivity index (χ4v) is 1.69. The van der Waals surface area contributed by atoms with Crippen LogP contribution in [0.2, 0.25) is 0 Å². The van der Waals surface area contributed by atoms with E-state index in [1.165, 1.54) is 0 Å². The number of hydrogen-bond acceptors (Lipinski definition) is 1. The van der Waals surface area contributed by atoms with Gasteiger partial charge in [0, 0.05) is 15.2 Å². The molecule has 1 aromatic heterocycles. The molecule has 1 nitrogen and oxygen atoms in total. The number of halogens is 2. The number of benzene rings is 1. The number of furan rings is 1. The third-order valence-electron chi connectivity index (χ3n) is 1.44. The minimum atomic E-state index is 0.730. The summed E-state index contributed by atoms with van der Waals surface area (Å²) in [5.74, 6) is 0. The van der Waals surface area contributed by atoms with Crippen molar-refractivity contribution in [3.63, 3.8) is 0 Å². The fourth-order valence-electron chi connectivity index (χ4n) is 0.923. The van der Waals surface area contributed by atoms with Gasteiger partial charge in [-0.15, -0.1) is 0 Å². The summed E-state index contributed by atoms with van der Waals surface area (Å²) in [6, 6.07) is 5.90. The highest BCUT2D eigenvalue weighted by atomic mass is 79.9. The highest BCUT2D eigenvalue weighted by Gasteiger charge is 2.02. The molecule has 1 heterocycles. The molecule has 2 aromatic rings. The maximum absolute atomic E-state index is 5.04. The molecule has 0 saturated heterocycles. The Bertz CT molecular complexity index is 392. The van der Waals surface area contributed by atoms with Gasteiger partial charge in [0.05, 0.1) is 0 Å². The quantitative estimate of drug-likeness (QED) is 0.713. The van der Waals surface area contributed by atoms with Crippen LogP contribution in [0.4, 0.5) is 0 Å². The Morgan fingerprint density at radius 3 is 2.91 bits per heavy atom. The molecule has 0 atom stereocenters. The molecule has 0 fully saturated rings. The van der Waals surface area contributed by atoms with E-state index >= 15 is 0 Å². The normalized spacial score (nSPS) is 10.7. The first-order valence-corrected chi connectivity index (χ1v) is 4.61. The SMILES string of the molecule is Brc1ccc2[c]oc(Br)c2c1. The Labute approximate surface area is 80.6 Å². The average Bonchev–Trinajstić information content (AvgIpc) is 2.33. The van der Waals surface area contributed by atoms with Crippen LogP contribution in [-0.4, -0.2) is 0 Å². The van der Waals surface area contributed by atoms with Crippen LogP contribution in [0.1, 0.15) is 0 Å². The zero-order valence-corrected chi connectivity index (χ0v) is 8.57. The number of fused-ring (bicyclic) bond motifs is 1. The molecule has 11 heavy (non-hydrogen) atoms. The molecule has 0 aliphatic rings. The Morgan fingerprint density at radius 1 is 1.27 bits per heavy atom. The van der Waals surface area contributed by atoms with Gasteiger partial charge in [-0.3, -0.25) is 0 Å². The summed E-state index contributed by atoms with van der Waals surface area (Å²) in [6.07, 6.45) is 2.77. The molecule has 0 aliphatic heterocycles. The van der Waals surface area contributed by atoms with Crippen LogP contribution < -0.4 is 0 Å². The highest BCUT2D eigenvalue weighted by molar-refractivity contribution is 9.11. The molecule has 1 aromatic carbocycles. The molecule has 0 aliphatic carbocycles. The molecule has 1 radical (unpaired) electrons. The molecular weight excluding hydrogens is 272 g/mol. The third kappa shape index (κ3) is 1.23. The van der Waals surface area contributed by atoms with Crippen LogP contribution in [0.25, 0.3) is 10.8 Å². The van der Waals surface area contributed by atoms with E-state index in [4.69, 9.17) is 4.42 Å². The van der Waals surface area contributed by atoms with Gasteiger partial charge in [0.2, 0.25) is 0 Å². The molecule has 2 rings (SSSR count). The molecule has 0 unspecified atom stereocenters. The smallest absolute Gasteiger partial charge is 0.179 e. The molecule has 0 amide bonds. The van der Waals surface area contributed by atoms with Crippen LogP contribution in [-0.2, 0) is 0 Å². The summed E-state index contributed by atoms with van der Waals surface area (Å²) >= 11 is 6.66. The van der Waals surface area contributed by atoms with Crippen molar-refractivity contribution in [3.05, 3.63) is 33.6 Å². The van der Waals surface area contributed by atoms with E-state index in [0.717, 1.165) is 19.9 Å². The van der Waals surface area contributed by atoms with Gasteiger partial charge in [-0.05, 0) is 34.1 Å². The Morgan fingerprint density at radius 2 is 2.09 bits per heavy atom. The van der Waals surface area contributed by atoms with Crippen molar-refractivity contribution < 1.29 is 4.42 Å². The molecule has 0 N–H and O–H groups in total. The van der Waals surface area contributed by atoms with Gasteiger partial charge in [0.1, 0.15) is 0 Å². The van der Waals surface area contributed by atoms with Crippen molar-refractivity contribution in [1.82, 2.24) is 0 Å². The second kappa shape index (κ2) is 2.64. The predicted octanol–water partition coefficient (Wildman–Crippen LogP) is 3.76. The van der Waals surface area contributed by atoms with Gasteiger partial charge in [-0.2, -0.15) is 0 Å². The van der Waals surface area contributed by atoms with Crippen LogP contribution >= 0.6 is 31.9 Å². The van der Waals surface area contributed by atoms with Gasteiger partial charge in [-0.25, -0.2) is 0 Å². The number of hydrogen-bond donors (Lipinski definition) is 0.